The fourth-order valence-corrected chi connectivity index (χ4v) is 2.75. The minimum atomic E-state index is -1.08. The Morgan fingerprint density at radius 2 is 1.86 bits per heavy atom. The smallest absolute Gasteiger partial charge is 0.375 e. The fourth-order valence-electron chi connectivity index (χ4n) is 2.58. The van der Waals surface area contributed by atoms with Crippen LogP contribution in [0.3, 0.4) is 0 Å². The van der Waals surface area contributed by atoms with Crippen LogP contribution in [-0.2, 0) is 16.1 Å². The van der Waals surface area contributed by atoms with Crippen molar-refractivity contribution in [2.24, 2.45) is 0 Å². The molecule has 0 aliphatic heterocycles. The number of carbonyl (C=O) groups excluding carboxylic acids is 2. The van der Waals surface area contributed by atoms with Crippen LogP contribution in [0.2, 0.25) is 5.02 Å². The summed E-state index contributed by atoms with van der Waals surface area (Å²) >= 11 is 5.86. The van der Waals surface area contributed by atoms with Crippen LogP contribution < -0.4 is 15.5 Å². The van der Waals surface area contributed by atoms with Crippen LogP contribution >= 0.6 is 11.6 Å². The van der Waals surface area contributed by atoms with Gasteiger partial charge in [0.25, 0.3) is 5.91 Å². The van der Waals surface area contributed by atoms with Gasteiger partial charge in [-0.05, 0) is 42.8 Å². The molecule has 1 aromatic heterocycles. The summed E-state index contributed by atoms with van der Waals surface area (Å²) in [7, 11) is 1.57. The van der Waals surface area contributed by atoms with Gasteiger partial charge >= 0.3 is 5.97 Å². The summed E-state index contributed by atoms with van der Waals surface area (Å²) in [5.41, 5.74) is 0.625. The maximum atomic E-state index is 12.3. The lowest BCUT2D eigenvalue weighted by Gasteiger charge is -2.13. The normalized spacial score (nSPS) is 11.7. The largest absolute Gasteiger partial charge is 0.497 e. The highest BCUT2D eigenvalue weighted by atomic mass is 35.5. The van der Waals surface area contributed by atoms with Crippen LogP contribution in [0.4, 0.5) is 0 Å². The van der Waals surface area contributed by atoms with Crippen LogP contribution in [0, 0.1) is 0 Å². The number of benzene rings is 2. The number of rotatable bonds is 6. The topological polar surface area (TPSA) is 94.8 Å². The highest BCUT2D eigenvalue weighted by Crippen LogP contribution is 2.18. The molecule has 150 valence electrons. The first-order chi connectivity index (χ1) is 13.9. The number of nitrogens with one attached hydrogen (secondary N) is 1. The standard InChI is InChI=1S/C21H18ClNO6/c1-12(20(25)23-11-13-3-6-15(27-2)7-4-13)28-21(26)19-10-17(24)16-9-14(22)5-8-18(16)29-19/h3-10,12H,11H2,1-2H3,(H,23,25)/t12-/m1/s1. The van der Waals surface area contributed by atoms with Crippen molar-refractivity contribution in [2.45, 2.75) is 19.6 Å². The number of methoxy groups -OCH3 is 1. The number of hydrogen-bond acceptors (Lipinski definition) is 6. The molecule has 0 saturated carbocycles. The average Bonchev–Trinajstić information content (AvgIpc) is 2.72. The third kappa shape index (κ3) is 4.94. The molecule has 1 N–H and O–H groups in total. The van der Waals surface area contributed by atoms with Gasteiger partial charge < -0.3 is 19.2 Å². The van der Waals surface area contributed by atoms with Gasteiger partial charge in [-0.1, -0.05) is 23.7 Å². The number of carbonyl (C=O) groups is 2. The molecule has 1 heterocycles. The highest BCUT2D eigenvalue weighted by Gasteiger charge is 2.21. The summed E-state index contributed by atoms with van der Waals surface area (Å²) in [4.78, 5) is 36.7. The lowest BCUT2D eigenvalue weighted by atomic mass is 10.2. The molecule has 0 saturated heterocycles. The van der Waals surface area contributed by atoms with Crippen molar-refractivity contribution in [3.05, 3.63) is 75.1 Å². The molecule has 7 nitrogen and oxygen atoms in total. The van der Waals surface area contributed by atoms with E-state index in [9.17, 15) is 14.4 Å². The van der Waals surface area contributed by atoms with Crippen LogP contribution in [0.15, 0.2) is 57.7 Å². The van der Waals surface area contributed by atoms with Crippen molar-refractivity contribution in [3.8, 4) is 5.75 Å². The molecule has 3 aromatic rings. The molecule has 0 aliphatic carbocycles. The van der Waals surface area contributed by atoms with Crippen LogP contribution in [0.1, 0.15) is 23.0 Å². The second kappa shape index (κ2) is 8.79. The van der Waals surface area contributed by atoms with E-state index in [0.29, 0.717) is 10.8 Å². The van der Waals surface area contributed by atoms with Crippen molar-refractivity contribution in [2.75, 3.05) is 7.11 Å². The van der Waals surface area contributed by atoms with Gasteiger partial charge in [0.15, 0.2) is 11.5 Å². The van der Waals surface area contributed by atoms with Crippen LogP contribution in [0.25, 0.3) is 11.0 Å². The lowest BCUT2D eigenvalue weighted by molar-refractivity contribution is -0.129. The van der Waals surface area contributed by atoms with E-state index in [2.05, 4.69) is 5.32 Å². The molecule has 3 rings (SSSR count). The van der Waals surface area contributed by atoms with Gasteiger partial charge in [0.05, 0.1) is 12.5 Å². The van der Waals surface area contributed by atoms with E-state index < -0.39 is 23.4 Å². The quantitative estimate of drug-likeness (QED) is 0.620. The zero-order valence-electron chi connectivity index (χ0n) is 15.7. The Morgan fingerprint density at radius 3 is 2.55 bits per heavy atom. The predicted octanol–water partition coefficient (Wildman–Crippen LogP) is 3.32. The first-order valence-electron chi connectivity index (χ1n) is 8.72. The molecule has 1 atom stereocenters. The van der Waals surface area contributed by atoms with E-state index in [0.717, 1.165) is 11.6 Å². The second-order valence-electron chi connectivity index (χ2n) is 6.23. The molecule has 8 heteroatoms. The third-order valence-corrected chi connectivity index (χ3v) is 4.40. The minimum absolute atomic E-state index is 0.200. The first-order valence-corrected chi connectivity index (χ1v) is 9.10. The molecule has 29 heavy (non-hydrogen) atoms. The van der Waals surface area contributed by atoms with Crippen molar-refractivity contribution < 1.29 is 23.5 Å². The Hall–Kier alpha value is -3.32. The molecule has 1 amide bonds. The minimum Gasteiger partial charge on any atom is -0.497 e. The Balaban J connectivity index is 1.63. The number of hydrogen-bond donors (Lipinski definition) is 1. The van der Waals surface area contributed by atoms with Gasteiger partial charge in [0.2, 0.25) is 5.76 Å². The number of halogens is 1. The van der Waals surface area contributed by atoms with Crippen molar-refractivity contribution >= 4 is 34.4 Å². The summed E-state index contributed by atoms with van der Waals surface area (Å²) < 4.78 is 15.6. The Kier molecular flexibility index (Phi) is 6.19. The van der Waals surface area contributed by atoms with Crippen molar-refractivity contribution in [1.29, 1.82) is 0 Å². The maximum Gasteiger partial charge on any atom is 0.375 e. The second-order valence-corrected chi connectivity index (χ2v) is 6.67. The van der Waals surface area contributed by atoms with Gasteiger partial charge in [-0.25, -0.2) is 4.79 Å². The molecule has 0 fully saturated rings. The average molecular weight is 416 g/mol. The monoisotopic (exact) mass is 415 g/mol. The van der Waals surface area contributed by atoms with E-state index in [1.54, 1.807) is 19.2 Å². The van der Waals surface area contributed by atoms with E-state index >= 15 is 0 Å². The number of ether oxygens (including phenoxy) is 2. The predicted molar refractivity (Wildman–Crippen MR) is 107 cm³/mol. The fraction of sp³-hybridized carbons (Fsp3) is 0.190. The Morgan fingerprint density at radius 1 is 1.14 bits per heavy atom. The van der Waals surface area contributed by atoms with E-state index in [4.69, 9.17) is 25.5 Å². The summed E-state index contributed by atoms with van der Waals surface area (Å²) in [6.07, 6.45) is -1.08. The number of amides is 1. The molecule has 0 spiro atoms. The van der Waals surface area contributed by atoms with Crippen molar-refractivity contribution in [1.82, 2.24) is 5.32 Å². The van der Waals surface area contributed by atoms with Gasteiger partial charge in [0, 0.05) is 17.6 Å². The van der Waals surface area contributed by atoms with E-state index in [1.807, 2.05) is 12.1 Å². The summed E-state index contributed by atoms with van der Waals surface area (Å²) in [6, 6.07) is 12.7. The van der Waals surface area contributed by atoms with Gasteiger partial charge in [-0.15, -0.1) is 0 Å². The lowest BCUT2D eigenvalue weighted by Crippen LogP contribution is -2.35. The Labute approximate surface area is 171 Å². The number of fused-ring (bicyclic) bond motifs is 1. The summed E-state index contributed by atoms with van der Waals surface area (Å²) in [6.45, 7) is 1.69. The molecule has 2 aromatic carbocycles. The van der Waals surface area contributed by atoms with Crippen molar-refractivity contribution in [3.63, 3.8) is 0 Å². The van der Waals surface area contributed by atoms with Gasteiger partial charge in [-0.3, -0.25) is 9.59 Å². The molecule has 0 unspecified atom stereocenters. The Bertz CT molecular complexity index is 1110. The van der Waals surface area contributed by atoms with E-state index in [-0.39, 0.29) is 23.3 Å². The first kappa shape index (κ1) is 20.4. The van der Waals surface area contributed by atoms with E-state index in [1.165, 1.54) is 25.1 Å². The highest BCUT2D eigenvalue weighted by molar-refractivity contribution is 6.31. The molecule has 0 radical (unpaired) electrons. The SMILES string of the molecule is COc1ccc(CNC(=O)[C@@H](C)OC(=O)c2cc(=O)c3cc(Cl)ccc3o2)cc1. The van der Waals surface area contributed by atoms with Gasteiger partial charge in [0.1, 0.15) is 11.3 Å². The molecule has 0 bridgehead atoms. The molecular weight excluding hydrogens is 398 g/mol. The van der Waals surface area contributed by atoms with Crippen LogP contribution in [0.5, 0.6) is 5.75 Å². The zero-order valence-corrected chi connectivity index (χ0v) is 16.5. The molecule has 0 aliphatic rings. The number of esters is 1. The maximum absolute atomic E-state index is 12.3. The summed E-state index contributed by atoms with van der Waals surface area (Å²) in [5.74, 6) is -0.976. The molecular formula is C21H18ClNO6. The van der Waals surface area contributed by atoms with Crippen LogP contribution in [-0.4, -0.2) is 25.1 Å². The van der Waals surface area contributed by atoms with Gasteiger partial charge in [-0.2, -0.15) is 0 Å². The zero-order chi connectivity index (χ0) is 21.0. The third-order valence-electron chi connectivity index (χ3n) is 4.17. The summed E-state index contributed by atoms with van der Waals surface area (Å²) in [5, 5.41) is 3.30.